The summed E-state index contributed by atoms with van der Waals surface area (Å²) in [5.41, 5.74) is 5.71. The van der Waals surface area contributed by atoms with Gasteiger partial charge in [-0.2, -0.15) is 9.97 Å². The van der Waals surface area contributed by atoms with Crippen LogP contribution in [0.1, 0.15) is 26.2 Å². The molecule has 1 fully saturated rings. The van der Waals surface area contributed by atoms with Crippen LogP contribution in [0, 0.1) is 0 Å². The molecule has 1 saturated heterocycles. The molecule has 0 aromatic carbocycles. The fourth-order valence-electron chi connectivity index (χ4n) is 1.90. The number of rotatable bonds is 4. The Morgan fingerprint density at radius 1 is 1.38 bits per heavy atom. The first-order valence-electron chi connectivity index (χ1n) is 5.93. The lowest BCUT2D eigenvalue weighted by Crippen LogP contribution is -2.20. The molecule has 0 aliphatic carbocycles. The number of nitrogen functional groups attached to an aromatic ring is 1. The standard InChI is InChI=1S/C11H19N5/c1-2-5-13-9-8-10(15-11(12)14-9)16-6-3-4-7-16/h8H,2-7H2,1H3,(H3,12,13,14,15). The van der Waals surface area contributed by atoms with Crippen LogP contribution < -0.4 is 16.0 Å². The number of hydrogen-bond acceptors (Lipinski definition) is 5. The highest BCUT2D eigenvalue weighted by atomic mass is 15.2. The highest BCUT2D eigenvalue weighted by molar-refractivity contribution is 5.52. The fraction of sp³-hybridized carbons (Fsp3) is 0.636. The highest BCUT2D eigenvalue weighted by Crippen LogP contribution is 2.21. The molecule has 16 heavy (non-hydrogen) atoms. The lowest BCUT2D eigenvalue weighted by molar-refractivity contribution is 0.923. The molecule has 0 saturated carbocycles. The van der Waals surface area contributed by atoms with Crippen molar-refractivity contribution in [3.8, 4) is 0 Å². The zero-order valence-corrected chi connectivity index (χ0v) is 9.74. The van der Waals surface area contributed by atoms with Gasteiger partial charge in [-0.1, -0.05) is 6.92 Å². The molecule has 2 rings (SSSR count). The Morgan fingerprint density at radius 2 is 2.12 bits per heavy atom. The van der Waals surface area contributed by atoms with E-state index in [0.717, 1.165) is 37.7 Å². The molecule has 0 amide bonds. The second kappa shape index (κ2) is 5.01. The Hall–Kier alpha value is -1.52. The quantitative estimate of drug-likeness (QED) is 0.806. The van der Waals surface area contributed by atoms with Crippen molar-refractivity contribution in [1.29, 1.82) is 0 Å². The van der Waals surface area contributed by atoms with Gasteiger partial charge < -0.3 is 16.0 Å². The molecule has 0 unspecified atom stereocenters. The first kappa shape index (κ1) is 11.0. The van der Waals surface area contributed by atoms with Gasteiger partial charge in [0.25, 0.3) is 0 Å². The summed E-state index contributed by atoms with van der Waals surface area (Å²) in [5, 5.41) is 3.24. The molecule has 1 aromatic rings. The van der Waals surface area contributed by atoms with Crippen LogP contribution in [0.15, 0.2) is 6.07 Å². The van der Waals surface area contributed by atoms with Gasteiger partial charge in [-0.3, -0.25) is 0 Å². The third kappa shape index (κ3) is 2.53. The van der Waals surface area contributed by atoms with E-state index in [1.54, 1.807) is 0 Å². The minimum Gasteiger partial charge on any atom is -0.370 e. The van der Waals surface area contributed by atoms with Crippen molar-refractivity contribution in [2.75, 3.05) is 35.6 Å². The normalized spacial score (nSPS) is 15.4. The Kier molecular flexibility index (Phi) is 3.44. The van der Waals surface area contributed by atoms with E-state index in [-0.39, 0.29) is 0 Å². The lowest BCUT2D eigenvalue weighted by atomic mass is 10.4. The Balaban J connectivity index is 2.14. The summed E-state index contributed by atoms with van der Waals surface area (Å²) in [5.74, 6) is 2.13. The Morgan fingerprint density at radius 3 is 2.81 bits per heavy atom. The number of hydrogen-bond donors (Lipinski definition) is 2. The van der Waals surface area contributed by atoms with Crippen molar-refractivity contribution in [2.45, 2.75) is 26.2 Å². The van der Waals surface area contributed by atoms with Crippen LogP contribution in [0.3, 0.4) is 0 Å². The van der Waals surface area contributed by atoms with E-state index in [9.17, 15) is 0 Å². The molecular weight excluding hydrogens is 202 g/mol. The van der Waals surface area contributed by atoms with Gasteiger partial charge in [-0.05, 0) is 19.3 Å². The topological polar surface area (TPSA) is 67.1 Å². The summed E-state index contributed by atoms with van der Waals surface area (Å²) >= 11 is 0. The first-order valence-corrected chi connectivity index (χ1v) is 5.93. The van der Waals surface area contributed by atoms with Crippen LogP contribution in [-0.4, -0.2) is 29.6 Å². The molecule has 5 nitrogen and oxygen atoms in total. The van der Waals surface area contributed by atoms with Crippen molar-refractivity contribution in [2.24, 2.45) is 0 Å². The SMILES string of the molecule is CCCNc1cc(N2CCCC2)nc(N)n1. The van der Waals surface area contributed by atoms with Gasteiger partial charge in [-0.15, -0.1) is 0 Å². The molecule has 5 heteroatoms. The Labute approximate surface area is 96.1 Å². The lowest BCUT2D eigenvalue weighted by Gasteiger charge is -2.17. The van der Waals surface area contributed by atoms with E-state index in [4.69, 9.17) is 5.73 Å². The van der Waals surface area contributed by atoms with Crippen molar-refractivity contribution in [1.82, 2.24) is 9.97 Å². The second-order valence-electron chi connectivity index (χ2n) is 4.09. The predicted octanol–water partition coefficient (Wildman–Crippen LogP) is 1.48. The largest absolute Gasteiger partial charge is 0.370 e. The maximum absolute atomic E-state index is 5.71. The summed E-state index contributed by atoms with van der Waals surface area (Å²) < 4.78 is 0. The van der Waals surface area contributed by atoms with E-state index < -0.39 is 0 Å². The summed E-state index contributed by atoms with van der Waals surface area (Å²) in [6.45, 7) is 5.18. The number of nitrogens with zero attached hydrogens (tertiary/aromatic N) is 3. The number of nitrogens with two attached hydrogens (primary N) is 1. The molecule has 0 atom stereocenters. The molecule has 3 N–H and O–H groups in total. The average Bonchev–Trinajstić information content (AvgIpc) is 2.79. The van der Waals surface area contributed by atoms with Crippen molar-refractivity contribution in [3.05, 3.63) is 6.07 Å². The molecular formula is C11H19N5. The van der Waals surface area contributed by atoms with Crippen LogP contribution in [0.25, 0.3) is 0 Å². The van der Waals surface area contributed by atoms with E-state index >= 15 is 0 Å². The zero-order valence-electron chi connectivity index (χ0n) is 9.74. The molecule has 88 valence electrons. The smallest absolute Gasteiger partial charge is 0.223 e. The summed E-state index contributed by atoms with van der Waals surface area (Å²) in [7, 11) is 0. The van der Waals surface area contributed by atoms with E-state index in [1.165, 1.54) is 12.8 Å². The van der Waals surface area contributed by atoms with Crippen LogP contribution >= 0.6 is 0 Å². The number of anilines is 3. The molecule has 1 aliphatic heterocycles. The second-order valence-corrected chi connectivity index (χ2v) is 4.09. The van der Waals surface area contributed by atoms with Crippen LogP contribution in [0.5, 0.6) is 0 Å². The third-order valence-electron chi connectivity index (χ3n) is 2.72. The third-order valence-corrected chi connectivity index (χ3v) is 2.72. The minimum absolute atomic E-state index is 0.350. The zero-order chi connectivity index (χ0) is 11.4. The maximum Gasteiger partial charge on any atom is 0.223 e. The molecule has 1 aromatic heterocycles. The van der Waals surface area contributed by atoms with E-state index in [0.29, 0.717) is 5.95 Å². The van der Waals surface area contributed by atoms with Gasteiger partial charge >= 0.3 is 0 Å². The van der Waals surface area contributed by atoms with Gasteiger partial charge in [0.2, 0.25) is 5.95 Å². The number of nitrogens with one attached hydrogen (secondary N) is 1. The van der Waals surface area contributed by atoms with Gasteiger partial charge in [0, 0.05) is 25.7 Å². The molecule has 0 spiro atoms. The van der Waals surface area contributed by atoms with Crippen molar-refractivity contribution < 1.29 is 0 Å². The van der Waals surface area contributed by atoms with E-state index in [1.807, 2.05) is 6.07 Å². The highest BCUT2D eigenvalue weighted by Gasteiger charge is 2.14. The van der Waals surface area contributed by atoms with Crippen molar-refractivity contribution in [3.63, 3.8) is 0 Å². The summed E-state index contributed by atoms with van der Waals surface area (Å²) in [6, 6.07) is 1.98. The van der Waals surface area contributed by atoms with Crippen LogP contribution in [0.2, 0.25) is 0 Å². The summed E-state index contributed by atoms with van der Waals surface area (Å²) in [4.78, 5) is 10.7. The molecule has 0 bridgehead atoms. The fourth-order valence-corrected chi connectivity index (χ4v) is 1.90. The maximum atomic E-state index is 5.71. The van der Waals surface area contributed by atoms with Gasteiger partial charge in [0.05, 0.1) is 0 Å². The van der Waals surface area contributed by atoms with Crippen LogP contribution in [0.4, 0.5) is 17.6 Å². The molecule has 1 aliphatic rings. The number of aromatic nitrogens is 2. The van der Waals surface area contributed by atoms with Gasteiger partial charge in [0.1, 0.15) is 11.6 Å². The minimum atomic E-state index is 0.350. The monoisotopic (exact) mass is 221 g/mol. The first-order chi connectivity index (χ1) is 7.79. The predicted molar refractivity (Wildman–Crippen MR) is 66.7 cm³/mol. The summed E-state index contributed by atoms with van der Waals surface area (Å²) in [6.07, 6.45) is 3.55. The average molecular weight is 221 g/mol. The molecule has 0 radical (unpaired) electrons. The van der Waals surface area contributed by atoms with Gasteiger partial charge in [-0.25, -0.2) is 0 Å². The van der Waals surface area contributed by atoms with Gasteiger partial charge in [0.15, 0.2) is 0 Å². The van der Waals surface area contributed by atoms with Crippen molar-refractivity contribution >= 4 is 17.6 Å². The van der Waals surface area contributed by atoms with Crippen LogP contribution in [-0.2, 0) is 0 Å². The Bertz CT molecular complexity index is 346. The molecule has 2 heterocycles. The van der Waals surface area contributed by atoms with E-state index in [2.05, 4.69) is 27.1 Å².